The van der Waals surface area contributed by atoms with Gasteiger partial charge in [-0.3, -0.25) is 9.59 Å². The van der Waals surface area contributed by atoms with Crippen molar-refractivity contribution in [3.05, 3.63) is 71.4 Å². The van der Waals surface area contributed by atoms with Gasteiger partial charge in [-0.05, 0) is 48.4 Å². The zero-order chi connectivity index (χ0) is 26.3. The highest BCUT2D eigenvalue weighted by Gasteiger charge is 2.39. The molecule has 1 heterocycles. The van der Waals surface area contributed by atoms with E-state index in [-0.39, 0.29) is 28.6 Å². The molecule has 0 bridgehead atoms. The molecule has 1 unspecified atom stereocenters. The molecule has 0 radical (unpaired) electrons. The number of rotatable bonds is 11. The van der Waals surface area contributed by atoms with Gasteiger partial charge in [0.25, 0.3) is 11.8 Å². The van der Waals surface area contributed by atoms with Crippen LogP contribution in [0, 0.1) is 0 Å². The predicted molar refractivity (Wildman–Crippen MR) is 131 cm³/mol. The molecule has 7 N–H and O–H groups in total. The molecule has 0 aliphatic heterocycles. The molecule has 0 fully saturated rings. The van der Waals surface area contributed by atoms with E-state index in [9.17, 15) is 22.8 Å². The van der Waals surface area contributed by atoms with Crippen LogP contribution < -0.4 is 27.4 Å². The van der Waals surface area contributed by atoms with Crippen molar-refractivity contribution >= 4 is 35.0 Å². The highest BCUT2D eigenvalue weighted by molar-refractivity contribution is 6.07. The smallest absolute Gasteiger partial charge is 0.294 e. The van der Waals surface area contributed by atoms with Crippen LogP contribution in [0.1, 0.15) is 45.8 Å². The standard InChI is InChI=1S/C24H26F3N7O2/c1-2-10-30-21-18(12-31-23(34-21)33-16-8-6-14(7-9-16)20(29)35)22(36)32-17-5-3-4-15(11-17)19(25)24(26,27)13-28/h3-9,11-12,19H,2,10,13,28H2,1H3,(H2,29,35)(H,32,36)(H2,30,31,33,34). The van der Waals surface area contributed by atoms with Gasteiger partial charge < -0.3 is 27.4 Å². The Balaban J connectivity index is 1.81. The van der Waals surface area contributed by atoms with Crippen LogP contribution in [-0.2, 0) is 0 Å². The first-order valence-corrected chi connectivity index (χ1v) is 11.1. The molecule has 2 aromatic carbocycles. The van der Waals surface area contributed by atoms with Crippen molar-refractivity contribution in [1.82, 2.24) is 9.97 Å². The topological polar surface area (TPSA) is 148 Å². The van der Waals surface area contributed by atoms with E-state index in [4.69, 9.17) is 11.5 Å². The Bertz CT molecular complexity index is 1220. The van der Waals surface area contributed by atoms with E-state index in [1.54, 1.807) is 24.3 Å². The quantitative estimate of drug-likeness (QED) is 0.267. The molecule has 2 amide bonds. The van der Waals surface area contributed by atoms with Gasteiger partial charge in [0.2, 0.25) is 11.9 Å². The number of nitrogens with one attached hydrogen (secondary N) is 3. The number of hydrogen-bond donors (Lipinski definition) is 5. The van der Waals surface area contributed by atoms with E-state index in [0.29, 0.717) is 17.8 Å². The van der Waals surface area contributed by atoms with Gasteiger partial charge in [-0.1, -0.05) is 19.1 Å². The predicted octanol–water partition coefficient (Wildman–Crippen LogP) is 4.00. The van der Waals surface area contributed by atoms with Gasteiger partial charge in [-0.15, -0.1) is 0 Å². The fraction of sp³-hybridized carbons (Fsp3) is 0.250. The lowest BCUT2D eigenvalue weighted by atomic mass is 10.0. The largest absolute Gasteiger partial charge is 0.369 e. The van der Waals surface area contributed by atoms with Gasteiger partial charge in [0.05, 0.1) is 6.54 Å². The van der Waals surface area contributed by atoms with E-state index in [1.165, 1.54) is 24.4 Å². The normalized spacial score (nSPS) is 12.0. The monoisotopic (exact) mass is 501 g/mol. The highest BCUT2D eigenvalue weighted by Crippen LogP contribution is 2.35. The molecular formula is C24H26F3N7O2. The number of anilines is 4. The Morgan fingerprint density at radius 1 is 1.11 bits per heavy atom. The lowest BCUT2D eigenvalue weighted by Crippen LogP contribution is -2.32. The number of hydrogen-bond acceptors (Lipinski definition) is 7. The number of carbonyl (C=O) groups excluding carboxylic acids is 2. The Kier molecular flexibility index (Phi) is 8.43. The Labute approximate surface area is 205 Å². The first-order valence-electron chi connectivity index (χ1n) is 11.1. The van der Waals surface area contributed by atoms with Gasteiger partial charge in [0.1, 0.15) is 11.4 Å². The van der Waals surface area contributed by atoms with Crippen LogP contribution in [0.25, 0.3) is 0 Å². The third kappa shape index (κ3) is 6.48. The summed E-state index contributed by atoms with van der Waals surface area (Å²) in [6, 6.07) is 11.5. The zero-order valence-electron chi connectivity index (χ0n) is 19.4. The molecule has 190 valence electrons. The number of halogens is 3. The minimum atomic E-state index is -3.74. The second-order valence-corrected chi connectivity index (χ2v) is 7.86. The molecule has 9 nitrogen and oxygen atoms in total. The molecule has 12 heteroatoms. The molecule has 1 atom stereocenters. The zero-order valence-corrected chi connectivity index (χ0v) is 19.4. The van der Waals surface area contributed by atoms with Gasteiger partial charge in [0.15, 0.2) is 6.17 Å². The van der Waals surface area contributed by atoms with Crippen LogP contribution >= 0.6 is 0 Å². The molecule has 36 heavy (non-hydrogen) atoms. The van der Waals surface area contributed by atoms with Crippen LogP contribution in [0.15, 0.2) is 54.7 Å². The Morgan fingerprint density at radius 3 is 2.47 bits per heavy atom. The van der Waals surface area contributed by atoms with Crippen LogP contribution in [0.4, 0.5) is 36.3 Å². The van der Waals surface area contributed by atoms with Gasteiger partial charge >= 0.3 is 0 Å². The maximum atomic E-state index is 14.2. The van der Waals surface area contributed by atoms with Gasteiger partial charge in [-0.2, -0.15) is 4.98 Å². The summed E-state index contributed by atoms with van der Waals surface area (Å²) >= 11 is 0. The number of primary amides is 1. The number of benzene rings is 2. The van der Waals surface area contributed by atoms with Crippen molar-refractivity contribution in [2.75, 3.05) is 29.0 Å². The number of nitrogens with two attached hydrogens (primary N) is 2. The molecule has 0 saturated heterocycles. The third-order valence-corrected chi connectivity index (χ3v) is 5.08. The summed E-state index contributed by atoms with van der Waals surface area (Å²) in [6.45, 7) is 1.30. The van der Waals surface area contributed by atoms with Crippen molar-refractivity contribution < 1.29 is 22.8 Å². The second-order valence-electron chi connectivity index (χ2n) is 7.86. The highest BCUT2D eigenvalue weighted by atomic mass is 19.3. The van der Waals surface area contributed by atoms with E-state index in [2.05, 4.69) is 25.9 Å². The molecule has 0 saturated carbocycles. The van der Waals surface area contributed by atoms with E-state index in [0.717, 1.165) is 12.5 Å². The molecule has 0 aliphatic carbocycles. The SMILES string of the molecule is CCCNc1nc(Nc2ccc(C(N)=O)cc2)ncc1C(=O)Nc1cccc(C(F)C(F)(F)CN)c1. The summed E-state index contributed by atoms with van der Waals surface area (Å²) in [5, 5.41) is 8.58. The third-order valence-electron chi connectivity index (χ3n) is 5.08. The minimum Gasteiger partial charge on any atom is -0.369 e. The second kappa shape index (κ2) is 11.5. The average molecular weight is 502 g/mol. The summed E-state index contributed by atoms with van der Waals surface area (Å²) in [7, 11) is 0. The summed E-state index contributed by atoms with van der Waals surface area (Å²) in [5.41, 5.74) is 11.0. The van der Waals surface area contributed by atoms with Crippen molar-refractivity contribution in [3.8, 4) is 0 Å². The van der Waals surface area contributed by atoms with Crippen molar-refractivity contribution in [3.63, 3.8) is 0 Å². The molecule has 3 rings (SSSR count). The van der Waals surface area contributed by atoms with E-state index in [1.807, 2.05) is 6.92 Å². The maximum Gasteiger partial charge on any atom is 0.294 e. The molecule has 3 aromatic rings. The minimum absolute atomic E-state index is 0.0903. The lowest BCUT2D eigenvalue weighted by Gasteiger charge is -2.19. The van der Waals surface area contributed by atoms with Crippen molar-refractivity contribution in [2.24, 2.45) is 11.5 Å². The van der Waals surface area contributed by atoms with Crippen molar-refractivity contribution in [2.45, 2.75) is 25.4 Å². The van der Waals surface area contributed by atoms with Crippen molar-refractivity contribution in [1.29, 1.82) is 0 Å². The van der Waals surface area contributed by atoms with E-state index >= 15 is 0 Å². The van der Waals surface area contributed by atoms with Crippen LogP contribution in [0.5, 0.6) is 0 Å². The van der Waals surface area contributed by atoms with Crippen LogP contribution in [-0.4, -0.2) is 40.8 Å². The fourth-order valence-corrected chi connectivity index (χ4v) is 3.15. The number of alkyl halides is 3. The fourth-order valence-electron chi connectivity index (χ4n) is 3.15. The van der Waals surface area contributed by atoms with E-state index < -0.39 is 30.5 Å². The number of amides is 2. The Morgan fingerprint density at radius 2 is 1.83 bits per heavy atom. The summed E-state index contributed by atoms with van der Waals surface area (Å²) in [5.74, 6) is -4.50. The average Bonchev–Trinajstić information content (AvgIpc) is 2.87. The first-order chi connectivity index (χ1) is 17.1. The molecule has 0 spiro atoms. The molecule has 1 aromatic heterocycles. The number of nitrogens with zero attached hydrogens (tertiary/aromatic N) is 2. The maximum absolute atomic E-state index is 14.2. The first kappa shape index (κ1) is 26.4. The van der Waals surface area contributed by atoms with Crippen LogP contribution in [0.3, 0.4) is 0 Å². The summed E-state index contributed by atoms with van der Waals surface area (Å²) in [6.07, 6.45) is -0.574. The number of aromatic nitrogens is 2. The molecule has 0 aliphatic rings. The summed E-state index contributed by atoms with van der Waals surface area (Å²) < 4.78 is 41.6. The number of carbonyl (C=O) groups is 2. The summed E-state index contributed by atoms with van der Waals surface area (Å²) in [4.78, 5) is 32.7. The van der Waals surface area contributed by atoms with Gasteiger partial charge in [-0.25, -0.2) is 18.2 Å². The lowest BCUT2D eigenvalue weighted by molar-refractivity contribution is -0.0651. The van der Waals surface area contributed by atoms with Gasteiger partial charge in [0, 0.05) is 29.7 Å². The van der Waals surface area contributed by atoms with Crippen LogP contribution in [0.2, 0.25) is 0 Å². The molecular weight excluding hydrogens is 475 g/mol. The Hall–Kier alpha value is -4.19.